The van der Waals surface area contributed by atoms with Crippen molar-refractivity contribution in [2.45, 2.75) is 19.4 Å². The Morgan fingerprint density at radius 1 is 1.57 bits per heavy atom. The number of ether oxygens (including phenoxy) is 1. The third kappa shape index (κ3) is 2.45. The topological polar surface area (TPSA) is 35.2 Å². The molecule has 78 valence electrons. The Kier molecular flexibility index (Phi) is 3.89. The Morgan fingerprint density at radius 2 is 2.21 bits per heavy atom. The number of methoxy groups -OCH3 is 1. The van der Waals surface area contributed by atoms with Crippen molar-refractivity contribution < 1.29 is 9.13 Å². The maximum Gasteiger partial charge on any atom is 0.169 e. The van der Waals surface area contributed by atoms with Crippen molar-refractivity contribution in [1.29, 1.82) is 0 Å². The summed E-state index contributed by atoms with van der Waals surface area (Å²) in [6.07, 6.45) is 0.490. The maximum absolute atomic E-state index is 13.7. The quantitative estimate of drug-likeness (QED) is 0.908. The van der Waals surface area contributed by atoms with E-state index < -0.39 is 0 Å². The molecule has 1 unspecified atom stereocenters. The number of rotatable bonds is 3. The largest absolute Gasteiger partial charge is 0.494 e. The lowest BCUT2D eigenvalue weighted by Crippen LogP contribution is -2.19. The Hall–Kier alpha value is -0.610. The first-order valence-corrected chi connectivity index (χ1v) is 5.12. The normalized spacial score (nSPS) is 12.6. The summed E-state index contributed by atoms with van der Waals surface area (Å²) in [5, 5.41) is 0. The van der Waals surface area contributed by atoms with E-state index in [9.17, 15) is 4.39 Å². The van der Waals surface area contributed by atoms with Gasteiger partial charge in [-0.2, -0.15) is 0 Å². The van der Waals surface area contributed by atoms with Crippen LogP contribution in [0.4, 0.5) is 4.39 Å². The highest BCUT2D eigenvalue weighted by Gasteiger charge is 2.13. The lowest BCUT2D eigenvalue weighted by molar-refractivity contribution is 0.383. The molecule has 1 rings (SSSR count). The lowest BCUT2D eigenvalue weighted by Gasteiger charge is -2.11. The average Bonchev–Trinajstić information content (AvgIpc) is 2.12. The molecule has 1 atom stereocenters. The average molecular weight is 262 g/mol. The fraction of sp³-hybridized carbons (Fsp3) is 0.400. The smallest absolute Gasteiger partial charge is 0.169 e. The van der Waals surface area contributed by atoms with Gasteiger partial charge in [-0.05, 0) is 25.5 Å². The lowest BCUT2D eigenvalue weighted by atomic mass is 10.1. The molecule has 1 aromatic rings. The van der Waals surface area contributed by atoms with E-state index in [0.29, 0.717) is 12.0 Å². The molecule has 14 heavy (non-hydrogen) atoms. The van der Waals surface area contributed by atoms with Crippen LogP contribution in [0, 0.1) is 5.82 Å². The first-order valence-electron chi connectivity index (χ1n) is 4.32. The summed E-state index contributed by atoms with van der Waals surface area (Å²) in [6.45, 7) is 1.84. The van der Waals surface area contributed by atoms with Gasteiger partial charge in [0.05, 0.1) is 7.11 Å². The molecule has 2 nitrogen and oxygen atoms in total. The van der Waals surface area contributed by atoms with E-state index in [1.807, 2.05) is 6.92 Å². The van der Waals surface area contributed by atoms with Crippen LogP contribution in [-0.4, -0.2) is 13.2 Å². The van der Waals surface area contributed by atoms with Gasteiger partial charge in [-0.3, -0.25) is 0 Å². The molecule has 0 bridgehead atoms. The molecule has 0 saturated carbocycles. The zero-order valence-electron chi connectivity index (χ0n) is 8.18. The van der Waals surface area contributed by atoms with Gasteiger partial charge in [-0.15, -0.1) is 0 Å². The van der Waals surface area contributed by atoms with Crippen molar-refractivity contribution in [3.63, 3.8) is 0 Å². The second-order valence-corrected chi connectivity index (χ2v) is 4.08. The number of nitrogens with two attached hydrogens (primary N) is 1. The predicted molar refractivity (Wildman–Crippen MR) is 58.0 cm³/mol. The van der Waals surface area contributed by atoms with E-state index in [1.54, 1.807) is 12.1 Å². The standard InChI is InChI=1S/C10H13BrFNO/c1-6(13)5-7-8(11)3-4-9(14-2)10(7)12/h3-4,6H,5,13H2,1-2H3. The molecular weight excluding hydrogens is 249 g/mol. The molecule has 0 spiro atoms. The summed E-state index contributed by atoms with van der Waals surface area (Å²) in [5.41, 5.74) is 6.19. The van der Waals surface area contributed by atoms with E-state index in [4.69, 9.17) is 10.5 Å². The molecule has 0 saturated heterocycles. The number of halogens is 2. The molecule has 0 aliphatic rings. The van der Waals surface area contributed by atoms with Gasteiger partial charge in [0.15, 0.2) is 11.6 Å². The fourth-order valence-corrected chi connectivity index (χ4v) is 1.71. The van der Waals surface area contributed by atoms with Gasteiger partial charge in [-0.1, -0.05) is 15.9 Å². The van der Waals surface area contributed by atoms with Gasteiger partial charge >= 0.3 is 0 Å². The van der Waals surface area contributed by atoms with Crippen LogP contribution in [0.1, 0.15) is 12.5 Å². The van der Waals surface area contributed by atoms with E-state index in [2.05, 4.69) is 15.9 Å². The van der Waals surface area contributed by atoms with Crippen LogP contribution >= 0.6 is 15.9 Å². The number of hydrogen-bond acceptors (Lipinski definition) is 2. The van der Waals surface area contributed by atoms with Gasteiger partial charge < -0.3 is 10.5 Å². The first kappa shape index (κ1) is 11.5. The summed E-state index contributed by atoms with van der Waals surface area (Å²) >= 11 is 3.29. The highest BCUT2D eigenvalue weighted by molar-refractivity contribution is 9.10. The molecule has 0 fully saturated rings. The summed E-state index contributed by atoms with van der Waals surface area (Å²) in [5.74, 6) is -0.0805. The maximum atomic E-state index is 13.7. The Morgan fingerprint density at radius 3 is 2.71 bits per heavy atom. The second-order valence-electron chi connectivity index (χ2n) is 3.22. The Balaban J connectivity index is 3.11. The molecule has 0 aliphatic carbocycles. The van der Waals surface area contributed by atoms with E-state index in [0.717, 1.165) is 4.47 Å². The summed E-state index contributed by atoms with van der Waals surface area (Å²) < 4.78 is 19.3. The fourth-order valence-electron chi connectivity index (χ4n) is 1.24. The molecular formula is C10H13BrFNO. The van der Waals surface area contributed by atoms with Crippen molar-refractivity contribution in [2.75, 3.05) is 7.11 Å². The minimum Gasteiger partial charge on any atom is -0.494 e. The van der Waals surface area contributed by atoms with Crippen LogP contribution in [0.15, 0.2) is 16.6 Å². The van der Waals surface area contributed by atoms with Crippen LogP contribution < -0.4 is 10.5 Å². The van der Waals surface area contributed by atoms with Gasteiger partial charge in [0.1, 0.15) is 0 Å². The molecule has 4 heteroatoms. The molecule has 0 radical (unpaired) electrons. The molecule has 1 aromatic carbocycles. The van der Waals surface area contributed by atoms with Crippen LogP contribution in [-0.2, 0) is 6.42 Å². The van der Waals surface area contributed by atoms with Crippen LogP contribution in [0.3, 0.4) is 0 Å². The Labute approximate surface area is 91.4 Å². The molecule has 0 heterocycles. The van der Waals surface area contributed by atoms with Gasteiger partial charge in [-0.25, -0.2) is 4.39 Å². The van der Waals surface area contributed by atoms with E-state index in [1.165, 1.54) is 7.11 Å². The van der Waals surface area contributed by atoms with Crippen molar-refractivity contribution in [3.8, 4) is 5.75 Å². The zero-order chi connectivity index (χ0) is 10.7. The SMILES string of the molecule is COc1ccc(Br)c(CC(C)N)c1F. The molecule has 2 N–H and O–H groups in total. The van der Waals surface area contributed by atoms with Crippen molar-refractivity contribution in [3.05, 3.63) is 28.0 Å². The molecule has 0 aliphatic heterocycles. The van der Waals surface area contributed by atoms with Gasteiger partial charge in [0.25, 0.3) is 0 Å². The third-order valence-electron chi connectivity index (χ3n) is 1.90. The monoisotopic (exact) mass is 261 g/mol. The number of benzene rings is 1. The minimum absolute atomic E-state index is 0.0760. The summed E-state index contributed by atoms with van der Waals surface area (Å²) in [4.78, 5) is 0. The van der Waals surface area contributed by atoms with Crippen LogP contribution in [0.25, 0.3) is 0 Å². The van der Waals surface area contributed by atoms with Crippen molar-refractivity contribution >= 4 is 15.9 Å². The van der Waals surface area contributed by atoms with E-state index >= 15 is 0 Å². The summed E-state index contributed by atoms with van der Waals surface area (Å²) in [7, 11) is 1.45. The van der Waals surface area contributed by atoms with Gasteiger partial charge in [0, 0.05) is 16.1 Å². The Bertz CT molecular complexity index is 328. The highest BCUT2D eigenvalue weighted by Crippen LogP contribution is 2.28. The zero-order valence-corrected chi connectivity index (χ0v) is 9.77. The molecule has 0 amide bonds. The highest BCUT2D eigenvalue weighted by atomic mass is 79.9. The number of hydrogen-bond donors (Lipinski definition) is 1. The second kappa shape index (κ2) is 4.75. The molecule has 0 aromatic heterocycles. The summed E-state index contributed by atoms with van der Waals surface area (Å²) in [6, 6.07) is 3.27. The minimum atomic E-state index is -0.334. The van der Waals surface area contributed by atoms with Crippen molar-refractivity contribution in [2.24, 2.45) is 5.73 Å². The van der Waals surface area contributed by atoms with Gasteiger partial charge in [0.2, 0.25) is 0 Å². The van der Waals surface area contributed by atoms with Crippen LogP contribution in [0.5, 0.6) is 5.75 Å². The van der Waals surface area contributed by atoms with Crippen LogP contribution in [0.2, 0.25) is 0 Å². The third-order valence-corrected chi connectivity index (χ3v) is 2.64. The first-order chi connectivity index (χ1) is 6.56. The van der Waals surface area contributed by atoms with E-state index in [-0.39, 0.29) is 17.6 Å². The predicted octanol–water partition coefficient (Wildman–Crippen LogP) is 2.49. The van der Waals surface area contributed by atoms with Crippen molar-refractivity contribution in [1.82, 2.24) is 0 Å².